The number of hydrogen-bond donors (Lipinski definition) is 2. The standard InChI is InChI=1S/C16H15N5O2S/c17-9-11-3-1-2-4-13(11)20-15(23)14(22)18-6-5-12-10-21-7-8-24-16(21)19-12/h1-4,10H,5-8H2,(H,18,22)(H,20,23). The fourth-order valence-corrected chi connectivity index (χ4v) is 3.30. The van der Waals surface area contributed by atoms with Crippen LogP contribution >= 0.6 is 11.8 Å². The molecule has 0 aliphatic carbocycles. The molecule has 0 bridgehead atoms. The van der Waals surface area contributed by atoms with Crippen LogP contribution < -0.4 is 10.6 Å². The van der Waals surface area contributed by atoms with E-state index in [0.29, 0.717) is 24.2 Å². The molecule has 1 aromatic heterocycles. The van der Waals surface area contributed by atoms with Gasteiger partial charge in [0.2, 0.25) is 0 Å². The normalized spacial score (nSPS) is 12.3. The van der Waals surface area contributed by atoms with Crippen LogP contribution in [0.1, 0.15) is 11.3 Å². The molecule has 2 amide bonds. The Morgan fingerprint density at radius 1 is 1.33 bits per heavy atom. The largest absolute Gasteiger partial charge is 0.347 e. The summed E-state index contributed by atoms with van der Waals surface area (Å²) in [5.41, 5.74) is 1.53. The molecular formula is C16H15N5O2S. The van der Waals surface area contributed by atoms with Crippen LogP contribution in [0.3, 0.4) is 0 Å². The van der Waals surface area contributed by atoms with Crippen LogP contribution in [0.5, 0.6) is 0 Å². The molecule has 2 heterocycles. The lowest BCUT2D eigenvalue weighted by Gasteiger charge is -2.07. The zero-order chi connectivity index (χ0) is 16.9. The summed E-state index contributed by atoms with van der Waals surface area (Å²) in [5, 5.41) is 15.0. The molecule has 0 atom stereocenters. The molecule has 2 aromatic rings. The van der Waals surface area contributed by atoms with Crippen LogP contribution in [0, 0.1) is 11.3 Å². The van der Waals surface area contributed by atoms with Crippen molar-refractivity contribution in [2.24, 2.45) is 0 Å². The Kier molecular flexibility index (Phi) is 4.82. The summed E-state index contributed by atoms with van der Waals surface area (Å²) in [6.45, 7) is 1.29. The number of thioether (sulfide) groups is 1. The number of nitrogens with one attached hydrogen (secondary N) is 2. The maximum atomic E-state index is 11.9. The van der Waals surface area contributed by atoms with E-state index in [1.54, 1.807) is 36.0 Å². The van der Waals surface area contributed by atoms with Gasteiger partial charge >= 0.3 is 11.8 Å². The summed E-state index contributed by atoms with van der Waals surface area (Å²) in [7, 11) is 0. The first-order valence-corrected chi connectivity index (χ1v) is 8.43. The number of carbonyl (C=O) groups excluding carboxylic acids is 2. The second kappa shape index (κ2) is 7.19. The van der Waals surface area contributed by atoms with Crippen molar-refractivity contribution in [1.82, 2.24) is 14.9 Å². The Bertz CT molecular complexity index is 803. The van der Waals surface area contributed by atoms with E-state index in [0.717, 1.165) is 23.1 Å². The van der Waals surface area contributed by atoms with Gasteiger partial charge < -0.3 is 15.2 Å². The molecule has 7 nitrogen and oxygen atoms in total. The van der Waals surface area contributed by atoms with Crippen LogP contribution in [0.4, 0.5) is 5.69 Å². The van der Waals surface area contributed by atoms with Gasteiger partial charge in [-0.15, -0.1) is 0 Å². The van der Waals surface area contributed by atoms with Gasteiger partial charge in [-0.2, -0.15) is 5.26 Å². The van der Waals surface area contributed by atoms with Crippen LogP contribution in [0.25, 0.3) is 0 Å². The van der Waals surface area contributed by atoms with E-state index in [2.05, 4.69) is 20.2 Å². The zero-order valence-corrected chi connectivity index (χ0v) is 13.6. The quantitative estimate of drug-likeness (QED) is 0.813. The smallest absolute Gasteiger partial charge is 0.313 e. The summed E-state index contributed by atoms with van der Waals surface area (Å²) in [4.78, 5) is 28.2. The van der Waals surface area contributed by atoms with E-state index in [1.165, 1.54) is 0 Å². The first kappa shape index (κ1) is 16.1. The summed E-state index contributed by atoms with van der Waals surface area (Å²) < 4.78 is 2.09. The summed E-state index contributed by atoms with van der Waals surface area (Å²) in [6, 6.07) is 8.49. The molecule has 0 unspecified atom stereocenters. The molecule has 0 radical (unpaired) electrons. The van der Waals surface area contributed by atoms with Crippen molar-refractivity contribution in [3.8, 4) is 6.07 Å². The van der Waals surface area contributed by atoms with E-state index >= 15 is 0 Å². The van der Waals surface area contributed by atoms with Gasteiger partial charge in [0.25, 0.3) is 0 Å². The molecule has 2 N–H and O–H groups in total. The summed E-state index contributed by atoms with van der Waals surface area (Å²) >= 11 is 1.71. The Morgan fingerprint density at radius 3 is 2.96 bits per heavy atom. The number of nitrogens with zero attached hydrogens (tertiary/aromatic N) is 3. The Hall–Kier alpha value is -2.79. The predicted molar refractivity (Wildman–Crippen MR) is 89.5 cm³/mol. The van der Waals surface area contributed by atoms with Gasteiger partial charge in [0.1, 0.15) is 6.07 Å². The number of anilines is 1. The number of benzene rings is 1. The first-order chi connectivity index (χ1) is 11.7. The SMILES string of the molecule is N#Cc1ccccc1NC(=O)C(=O)NCCc1cn2c(n1)SCC2. The zero-order valence-electron chi connectivity index (χ0n) is 12.8. The molecule has 0 spiro atoms. The maximum absolute atomic E-state index is 11.9. The lowest BCUT2D eigenvalue weighted by molar-refractivity contribution is -0.136. The minimum absolute atomic E-state index is 0.309. The van der Waals surface area contributed by atoms with Crippen molar-refractivity contribution in [1.29, 1.82) is 5.26 Å². The minimum atomic E-state index is -0.791. The summed E-state index contributed by atoms with van der Waals surface area (Å²) in [5.74, 6) is -0.478. The van der Waals surface area contributed by atoms with Gasteiger partial charge in [-0.25, -0.2) is 4.98 Å². The van der Waals surface area contributed by atoms with E-state index in [1.807, 2.05) is 12.3 Å². The number of imidazole rings is 1. The predicted octanol–water partition coefficient (Wildman–Crippen LogP) is 1.16. The molecule has 24 heavy (non-hydrogen) atoms. The van der Waals surface area contributed by atoms with Crippen LogP contribution in [-0.2, 0) is 22.6 Å². The number of para-hydroxylation sites is 1. The van der Waals surface area contributed by atoms with E-state index in [-0.39, 0.29) is 0 Å². The highest BCUT2D eigenvalue weighted by atomic mass is 32.2. The molecule has 0 saturated heterocycles. The van der Waals surface area contributed by atoms with Gasteiger partial charge in [0.05, 0.1) is 16.9 Å². The topological polar surface area (TPSA) is 99.8 Å². The Morgan fingerprint density at radius 2 is 2.17 bits per heavy atom. The second-order valence-corrected chi connectivity index (χ2v) is 6.24. The average Bonchev–Trinajstić information content (AvgIpc) is 3.16. The van der Waals surface area contributed by atoms with Gasteiger partial charge in [-0.05, 0) is 12.1 Å². The molecule has 122 valence electrons. The fraction of sp³-hybridized carbons (Fsp3) is 0.250. The number of hydrogen-bond acceptors (Lipinski definition) is 5. The average molecular weight is 341 g/mol. The molecular weight excluding hydrogens is 326 g/mol. The van der Waals surface area contributed by atoms with E-state index in [4.69, 9.17) is 5.26 Å². The minimum Gasteiger partial charge on any atom is -0.347 e. The third-order valence-corrected chi connectivity index (χ3v) is 4.49. The van der Waals surface area contributed by atoms with Crippen LogP contribution in [0.2, 0.25) is 0 Å². The number of nitriles is 1. The number of aryl methyl sites for hydroxylation is 1. The number of amides is 2. The number of fused-ring (bicyclic) bond motifs is 1. The lowest BCUT2D eigenvalue weighted by atomic mass is 10.2. The Balaban J connectivity index is 1.49. The molecule has 1 aliphatic rings. The van der Waals surface area contributed by atoms with Crippen molar-refractivity contribution in [3.05, 3.63) is 41.7 Å². The van der Waals surface area contributed by atoms with E-state index < -0.39 is 11.8 Å². The highest BCUT2D eigenvalue weighted by Crippen LogP contribution is 2.24. The Labute approximate surface area is 143 Å². The number of aromatic nitrogens is 2. The highest BCUT2D eigenvalue weighted by molar-refractivity contribution is 7.99. The van der Waals surface area contributed by atoms with Crippen molar-refractivity contribution < 1.29 is 9.59 Å². The van der Waals surface area contributed by atoms with Gasteiger partial charge in [0, 0.05) is 31.5 Å². The van der Waals surface area contributed by atoms with E-state index in [9.17, 15) is 9.59 Å². The number of rotatable bonds is 4. The molecule has 1 aliphatic heterocycles. The third kappa shape index (κ3) is 3.58. The van der Waals surface area contributed by atoms with Gasteiger partial charge in [-0.3, -0.25) is 9.59 Å². The van der Waals surface area contributed by atoms with Gasteiger partial charge in [0.15, 0.2) is 5.16 Å². The summed E-state index contributed by atoms with van der Waals surface area (Å²) in [6.07, 6.45) is 2.54. The monoisotopic (exact) mass is 341 g/mol. The lowest BCUT2D eigenvalue weighted by Crippen LogP contribution is -2.36. The molecule has 3 rings (SSSR count). The second-order valence-electron chi connectivity index (χ2n) is 5.17. The van der Waals surface area contributed by atoms with Crippen molar-refractivity contribution in [2.45, 2.75) is 18.1 Å². The van der Waals surface area contributed by atoms with Gasteiger partial charge in [-0.1, -0.05) is 23.9 Å². The first-order valence-electron chi connectivity index (χ1n) is 7.44. The molecule has 1 aromatic carbocycles. The number of carbonyl (C=O) groups is 2. The fourth-order valence-electron chi connectivity index (χ4n) is 2.34. The highest BCUT2D eigenvalue weighted by Gasteiger charge is 2.16. The molecule has 8 heteroatoms. The van der Waals surface area contributed by atoms with Crippen LogP contribution in [0.15, 0.2) is 35.6 Å². The molecule has 0 saturated carbocycles. The molecule has 0 fully saturated rings. The van der Waals surface area contributed by atoms with Crippen molar-refractivity contribution in [3.63, 3.8) is 0 Å². The third-order valence-electron chi connectivity index (χ3n) is 3.52. The van der Waals surface area contributed by atoms with Crippen molar-refractivity contribution >= 4 is 29.3 Å². The maximum Gasteiger partial charge on any atom is 0.313 e. The van der Waals surface area contributed by atoms with Crippen LogP contribution in [-0.4, -0.2) is 33.7 Å². The van der Waals surface area contributed by atoms with Crippen molar-refractivity contribution in [2.75, 3.05) is 17.6 Å².